The third-order valence-corrected chi connectivity index (χ3v) is 5.55. The fraction of sp³-hybridized carbons (Fsp3) is 0.750. The van der Waals surface area contributed by atoms with Crippen LogP contribution in [0, 0.1) is 0 Å². The van der Waals surface area contributed by atoms with Crippen molar-refractivity contribution in [3.05, 3.63) is 24.8 Å². The summed E-state index contributed by atoms with van der Waals surface area (Å²) in [5.41, 5.74) is 0. The van der Waals surface area contributed by atoms with Crippen molar-refractivity contribution in [3.8, 4) is 0 Å². The van der Waals surface area contributed by atoms with Crippen LogP contribution in [0.4, 0.5) is 35.1 Å². The molecule has 2 aliphatic rings. The molecule has 0 aromatic heterocycles. The van der Waals surface area contributed by atoms with Crippen LogP contribution in [0.15, 0.2) is 24.8 Å². The maximum atomic E-state index is 11.4. The number of ketones is 1. The summed E-state index contributed by atoms with van der Waals surface area (Å²) in [5, 5.41) is -11.0. The van der Waals surface area contributed by atoms with Crippen LogP contribution in [0.5, 0.6) is 0 Å². The second kappa shape index (κ2) is 24.7. The van der Waals surface area contributed by atoms with Crippen molar-refractivity contribution in [2.75, 3.05) is 40.5 Å². The van der Waals surface area contributed by atoms with Crippen LogP contribution in [0.25, 0.3) is 0 Å². The Morgan fingerprint density at radius 3 is 1.00 bits per heavy atom. The van der Waals surface area contributed by atoms with E-state index in [1.807, 2.05) is 0 Å². The van der Waals surface area contributed by atoms with Crippen LogP contribution in [0.2, 0.25) is 0 Å². The predicted molar refractivity (Wildman–Crippen MR) is 133 cm³/mol. The molecule has 0 aliphatic carbocycles. The molecule has 256 valence electrons. The SMILES string of the molecule is C.CC(C)=O.CCN1C=CN(C)C1.CCN1C=CN(C)C1.O=S(=O)([O-])C(F)(F)C(F)F.O=S(=O)([O-])C(F)(F)C(F)F.[Cl-].[K+]. The summed E-state index contributed by atoms with van der Waals surface area (Å²) in [7, 11) is -8.32. The van der Waals surface area contributed by atoms with Gasteiger partial charge in [0, 0.05) is 52.0 Å². The Morgan fingerprint density at radius 2 is 0.953 bits per heavy atom. The molecule has 23 heteroatoms. The van der Waals surface area contributed by atoms with Gasteiger partial charge in [0.1, 0.15) is 5.78 Å². The van der Waals surface area contributed by atoms with Crippen LogP contribution in [0.1, 0.15) is 35.1 Å². The number of halogens is 9. The number of carbonyl (C=O) groups is 1. The summed E-state index contributed by atoms with van der Waals surface area (Å²) in [4.78, 5) is 18.3. The van der Waals surface area contributed by atoms with E-state index < -0.39 is 43.6 Å². The minimum atomic E-state index is -6.23. The number of carbonyl (C=O) groups excluding carboxylic acids is 1. The van der Waals surface area contributed by atoms with Gasteiger partial charge in [-0.1, -0.05) is 7.43 Å². The maximum Gasteiger partial charge on any atom is 1.00 e. The largest absolute Gasteiger partial charge is 1.00 e. The van der Waals surface area contributed by atoms with Crippen molar-refractivity contribution < 1.29 is 130 Å². The number of Topliss-reactive ketones (excluding diaryl/α,β-unsaturated/α-hetero) is 1. The van der Waals surface area contributed by atoms with E-state index in [0.29, 0.717) is 0 Å². The van der Waals surface area contributed by atoms with Gasteiger partial charge in [-0.15, -0.1) is 0 Å². The van der Waals surface area contributed by atoms with Gasteiger partial charge in [0.15, 0.2) is 20.2 Å². The molecule has 0 atom stereocenters. The van der Waals surface area contributed by atoms with Gasteiger partial charge in [-0.05, 0) is 27.7 Å². The van der Waals surface area contributed by atoms with E-state index in [9.17, 15) is 65.9 Å². The molecule has 2 heterocycles. The van der Waals surface area contributed by atoms with E-state index >= 15 is 0 Å². The number of alkyl halides is 8. The van der Waals surface area contributed by atoms with Crippen molar-refractivity contribution in [3.63, 3.8) is 0 Å². The van der Waals surface area contributed by atoms with Crippen LogP contribution in [-0.4, -0.2) is 115 Å². The van der Waals surface area contributed by atoms with Crippen molar-refractivity contribution in [2.45, 2.75) is 58.5 Å². The molecule has 0 N–H and O–H groups in total. The molecule has 0 radical (unpaired) electrons. The molecule has 0 spiro atoms. The fourth-order valence-electron chi connectivity index (χ4n) is 1.81. The minimum Gasteiger partial charge on any atom is -1.00 e. The van der Waals surface area contributed by atoms with Gasteiger partial charge in [0.25, 0.3) is 0 Å². The third kappa shape index (κ3) is 24.4. The third-order valence-electron chi connectivity index (χ3n) is 3.86. The molecule has 11 nitrogen and oxygen atoms in total. The first kappa shape index (κ1) is 55.0. The molecule has 0 saturated carbocycles. The minimum absolute atomic E-state index is 0. The zero-order chi connectivity index (χ0) is 32.7. The van der Waals surface area contributed by atoms with Gasteiger partial charge in [0.2, 0.25) is 0 Å². The predicted octanol–water partition coefficient (Wildman–Crippen LogP) is -2.62. The maximum absolute atomic E-state index is 11.4. The molecular formula is C20H36ClF8KN4O7S2-2. The van der Waals surface area contributed by atoms with Gasteiger partial charge < -0.3 is 45.9 Å². The van der Waals surface area contributed by atoms with E-state index in [2.05, 4.69) is 72.3 Å². The number of hydrogen-bond acceptors (Lipinski definition) is 11. The second-order valence-electron chi connectivity index (χ2n) is 7.74. The van der Waals surface area contributed by atoms with Crippen molar-refractivity contribution in [1.29, 1.82) is 0 Å². The second-order valence-corrected chi connectivity index (χ2v) is 10.6. The summed E-state index contributed by atoms with van der Waals surface area (Å²) in [6.45, 7) is 11.7. The van der Waals surface area contributed by atoms with Crippen LogP contribution >= 0.6 is 0 Å². The molecular weight excluding hydrogens is 699 g/mol. The molecule has 0 bridgehead atoms. The molecule has 0 saturated heterocycles. The standard InChI is InChI=1S/2C6H12N2.C3H6O.2C2H2F4O3S.CH4.ClH.K/c2*1-3-8-5-4-7(2)6-8;1-3(2)4;2*3-1(4)2(5,6)10(7,8)9;;;/h2*4-5H,3,6H2,1-2H3;1-2H3;2*1H,(H,7,8,9);1H4;1H;/q;;;;;;;+1/p-3. The average molecular weight is 735 g/mol. The summed E-state index contributed by atoms with van der Waals surface area (Å²) in [6, 6.07) is 0. The van der Waals surface area contributed by atoms with E-state index in [4.69, 9.17) is 0 Å². The first-order valence-corrected chi connectivity index (χ1v) is 13.5. The van der Waals surface area contributed by atoms with Gasteiger partial charge in [-0.2, -0.15) is 17.6 Å². The quantitative estimate of drug-likeness (QED) is 0.161. The van der Waals surface area contributed by atoms with Gasteiger partial charge >= 0.3 is 74.7 Å². The van der Waals surface area contributed by atoms with Crippen molar-refractivity contribution in [2.24, 2.45) is 0 Å². The van der Waals surface area contributed by atoms with Crippen LogP contribution in [0.3, 0.4) is 0 Å². The van der Waals surface area contributed by atoms with Crippen molar-refractivity contribution in [1.82, 2.24) is 19.6 Å². The van der Waals surface area contributed by atoms with Crippen molar-refractivity contribution >= 4 is 26.0 Å². The van der Waals surface area contributed by atoms with Gasteiger partial charge in [0.05, 0.1) is 13.3 Å². The summed E-state index contributed by atoms with van der Waals surface area (Å²) >= 11 is 0. The van der Waals surface area contributed by atoms with Gasteiger partial charge in [-0.25, -0.2) is 34.4 Å². The fourth-order valence-corrected chi connectivity index (χ4v) is 2.24. The molecule has 43 heavy (non-hydrogen) atoms. The van der Waals surface area contributed by atoms with E-state index in [1.165, 1.54) is 13.8 Å². The average Bonchev–Trinajstić information content (AvgIpc) is 3.40. The van der Waals surface area contributed by atoms with Gasteiger partial charge in [-0.3, -0.25) is 0 Å². The Morgan fingerprint density at radius 1 is 0.744 bits per heavy atom. The summed E-state index contributed by atoms with van der Waals surface area (Å²) in [5.74, 6) is 0.167. The topological polar surface area (TPSA) is 144 Å². The molecule has 0 amide bonds. The smallest absolute Gasteiger partial charge is 1.00 e. The Kier molecular flexibility index (Phi) is 31.6. The summed E-state index contributed by atoms with van der Waals surface area (Å²) < 4.78 is 145. The molecule has 2 aliphatic heterocycles. The van der Waals surface area contributed by atoms with E-state index in [-0.39, 0.29) is 77.0 Å². The zero-order valence-corrected chi connectivity index (χ0v) is 29.2. The van der Waals surface area contributed by atoms with E-state index in [1.54, 1.807) is 0 Å². The Bertz CT molecular complexity index is 951. The first-order chi connectivity index (χ1) is 17.8. The number of rotatable bonds is 6. The molecule has 0 aromatic rings. The first-order valence-electron chi connectivity index (χ1n) is 10.7. The normalized spacial score (nSPS) is 14.0. The molecule has 0 aromatic carbocycles. The van der Waals surface area contributed by atoms with Crippen LogP contribution in [-0.2, 0) is 25.0 Å². The monoisotopic (exact) mass is 734 g/mol. The Hall–Kier alpha value is -0.464. The molecule has 0 unspecified atom stereocenters. The molecule has 0 fully saturated rings. The van der Waals surface area contributed by atoms with Crippen LogP contribution < -0.4 is 63.8 Å². The number of hydrogen-bond donors (Lipinski definition) is 0. The zero-order valence-electron chi connectivity index (χ0n) is 23.7. The Labute approximate surface area is 296 Å². The molecule has 2 rings (SSSR count). The van der Waals surface area contributed by atoms with E-state index in [0.717, 1.165) is 26.4 Å². The number of nitrogens with zero attached hydrogens (tertiary/aromatic N) is 4. The summed E-state index contributed by atoms with van der Waals surface area (Å²) in [6.07, 6.45) is -0.558. The Balaban J connectivity index is -0.0000000999.